The van der Waals surface area contributed by atoms with E-state index in [-0.39, 0.29) is 35.5 Å². The van der Waals surface area contributed by atoms with Crippen LogP contribution in [0.5, 0.6) is 0 Å². The molecule has 1 aliphatic heterocycles. The maximum absolute atomic E-state index is 13.4. The minimum Gasteiger partial charge on any atom is -0.444 e. The second-order valence-electron chi connectivity index (χ2n) is 9.51. The van der Waals surface area contributed by atoms with Gasteiger partial charge in [-0.25, -0.2) is 9.18 Å². The van der Waals surface area contributed by atoms with Crippen molar-refractivity contribution in [2.24, 2.45) is 0 Å². The van der Waals surface area contributed by atoms with Gasteiger partial charge in [0.15, 0.2) is 6.33 Å². The molecule has 0 radical (unpaired) electrons. The average Bonchev–Trinajstić information content (AvgIpc) is 3.38. The molecule has 1 saturated carbocycles. The number of amides is 1. The van der Waals surface area contributed by atoms with Crippen LogP contribution in [0.4, 0.5) is 9.18 Å². The highest BCUT2D eigenvalue weighted by Crippen LogP contribution is 2.42. The largest absolute Gasteiger partial charge is 0.444 e. The smallest absolute Gasteiger partial charge is 0.410 e. The molecular formula is C22H31FN6O2. The van der Waals surface area contributed by atoms with Gasteiger partial charge in [-0.3, -0.25) is 4.90 Å². The highest BCUT2D eigenvalue weighted by Gasteiger charge is 2.43. The minimum absolute atomic E-state index is 0.0958. The van der Waals surface area contributed by atoms with Crippen molar-refractivity contribution in [2.75, 3.05) is 13.1 Å². The van der Waals surface area contributed by atoms with E-state index in [2.05, 4.69) is 20.7 Å². The molecule has 4 atom stereocenters. The topological polar surface area (TPSA) is 85.2 Å². The molecule has 1 N–H and O–H groups in total. The third-order valence-electron chi connectivity index (χ3n) is 6.28. The zero-order valence-corrected chi connectivity index (χ0v) is 18.4. The van der Waals surface area contributed by atoms with Crippen LogP contribution in [0.3, 0.4) is 0 Å². The standard InChI is InChI=1S/C22H31FN6O2/c1-22(2,3)28(18-5-4-10-24-13-18)21(30)31-20-12-16(15-6-8-17(23)9-7-15)11-19(20)29-26-14-25-27-29/h6-9,14,16,18-20,24H,4-5,10-13H2,1-3H3. The van der Waals surface area contributed by atoms with Crippen molar-refractivity contribution < 1.29 is 13.9 Å². The first-order chi connectivity index (χ1) is 14.8. The monoisotopic (exact) mass is 430 g/mol. The molecule has 0 spiro atoms. The number of hydrogen-bond acceptors (Lipinski definition) is 6. The maximum atomic E-state index is 13.4. The normalized spacial score (nSPS) is 26.6. The molecule has 2 fully saturated rings. The van der Waals surface area contributed by atoms with Gasteiger partial charge in [-0.15, -0.1) is 10.2 Å². The Labute approximate surface area is 182 Å². The van der Waals surface area contributed by atoms with Gasteiger partial charge in [0.1, 0.15) is 18.0 Å². The van der Waals surface area contributed by atoms with Crippen LogP contribution in [0.15, 0.2) is 30.6 Å². The summed E-state index contributed by atoms with van der Waals surface area (Å²) in [4.78, 5) is 16.8. The number of halogens is 1. The molecule has 9 heteroatoms. The first-order valence-corrected chi connectivity index (χ1v) is 11.0. The van der Waals surface area contributed by atoms with Crippen LogP contribution in [0.25, 0.3) is 0 Å². The number of rotatable bonds is 4. The Bertz CT molecular complexity index is 861. The van der Waals surface area contributed by atoms with E-state index in [1.165, 1.54) is 23.3 Å². The summed E-state index contributed by atoms with van der Waals surface area (Å²) in [6.07, 6.45) is 4.00. The molecule has 168 valence electrons. The van der Waals surface area contributed by atoms with Gasteiger partial charge in [-0.1, -0.05) is 12.1 Å². The Morgan fingerprint density at radius 2 is 2.03 bits per heavy atom. The van der Waals surface area contributed by atoms with E-state index in [1.54, 1.807) is 12.1 Å². The molecule has 2 aliphatic rings. The zero-order valence-electron chi connectivity index (χ0n) is 18.4. The fourth-order valence-corrected chi connectivity index (χ4v) is 4.89. The van der Waals surface area contributed by atoms with Crippen molar-refractivity contribution in [3.63, 3.8) is 0 Å². The molecule has 1 amide bonds. The number of nitrogens with one attached hydrogen (secondary N) is 1. The van der Waals surface area contributed by atoms with Gasteiger partial charge in [0.05, 0.1) is 0 Å². The molecule has 2 aromatic rings. The Hall–Kier alpha value is -2.55. The summed E-state index contributed by atoms with van der Waals surface area (Å²) in [6, 6.07) is 6.41. The highest BCUT2D eigenvalue weighted by molar-refractivity contribution is 5.69. The predicted molar refractivity (Wildman–Crippen MR) is 113 cm³/mol. The van der Waals surface area contributed by atoms with Crippen LogP contribution in [-0.2, 0) is 4.74 Å². The minimum atomic E-state index is -0.391. The molecule has 1 aliphatic carbocycles. The van der Waals surface area contributed by atoms with E-state index in [1.807, 2.05) is 25.7 Å². The number of carbonyl (C=O) groups is 1. The summed E-state index contributed by atoms with van der Waals surface area (Å²) in [5.41, 5.74) is 0.658. The Kier molecular flexibility index (Phi) is 6.22. The van der Waals surface area contributed by atoms with Crippen molar-refractivity contribution in [2.45, 2.75) is 76.1 Å². The first-order valence-electron chi connectivity index (χ1n) is 11.0. The number of nitrogens with zero attached hydrogens (tertiary/aromatic N) is 5. The van der Waals surface area contributed by atoms with Crippen LogP contribution >= 0.6 is 0 Å². The fraction of sp³-hybridized carbons (Fsp3) is 0.636. The second-order valence-corrected chi connectivity index (χ2v) is 9.51. The Balaban J connectivity index is 1.54. The number of piperidine rings is 1. The molecule has 1 aromatic carbocycles. The third-order valence-corrected chi connectivity index (χ3v) is 6.28. The molecule has 0 bridgehead atoms. The number of benzene rings is 1. The van der Waals surface area contributed by atoms with Crippen LogP contribution < -0.4 is 5.32 Å². The van der Waals surface area contributed by atoms with Gasteiger partial charge >= 0.3 is 6.09 Å². The molecule has 1 saturated heterocycles. The van der Waals surface area contributed by atoms with E-state index in [9.17, 15) is 9.18 Å². The third kappa shape index (κ3) is 4.87. The van der Waals surface area contributed by atoms with E-state index < -0.39 is 6.10 Å². The lowest BCUT2D eigenvalue weighted by Crippen LogP contribution is -2.57. The molecule has 1 aromatic heterocycles. The van der Waals surface area contributed by atoms with Crippen LogP contribution in [0.2, 0.25) is 0 Å². The molecule has 4 rings (SSSR count). The quantitative estimate of drug-likeness (QED) is 0.801. The van der Waals surface area contributed by atoms with Gasteiger partial charge in [0.2, 0.25) is 0 Å². The number of tetrazole rings is 1. The molecule has 8 nitrogen and oxygen atoms in total. The van der Waals surface area contributed by atoms with Crippen molar-refractivity contribution in [1.82, 2.24) is 30.4 Å². The molecule has 2 heterocycles. The number of hydrogen-bond donors (Lipinski definition) is 1. The second kappa shape index (κ2) is 8.90. The van der Waals surface area contributed by atoms with Crippen LogP contribution in [0, 0.1) is 5.82 Å². The Morgan fingerprint density at radius 1 is 1.26 bits per heavy atom. The Morgan fingerprint density at radius 3 is 2.65 bits per heavy atom. The van der Waals surface area contributed by atoms with Gasteiger partial charge in [-0.05, 0) is 81.8 Å². The summed E-state index contributed by atoms with van der Waals surface area (Å²) in [6.45, 7) is 7.86. The molecule has 4 unspecified atom stereocenters. The summed E-state index contributed by atoms with van der Waals surface area (Å²) in [5, 5.41) is 15.5. The van der Waals surface area contributed by atoms with Gasteiger partial charge < -0.3 is 10.1 Å². The number of aromatic nitrogens is 4. The van der Waals surface area contributed by atoms with Crippen LogP contribution in [0.1, 0.15) is 64.0 Å². The predicted octanol–water partition coefficient (Wildman–Crippen LogP) is 3.29. The lowest BCUT2D eigenvalue weighted by molar-refractivity contribution is 0.00256. The fourth-order valence-electron chi connectivity index (χ4n) is 4.89. The summed E-state index contributed by atoms with van der Waals surface area (Å²) >= 11 is 0. The van der Waals surface area contributed by atoms with E-state index in [0.717, 1.165) is 31.5 Å². The van der Waals surface area contributed by atoms with E-state index in [4.69, 9.17) is 4.74 Å². The van der Waals surface area contributed by atoms with E-state index >= 15 is 0 Å². The molecule has 31 heavy (non-hydrogen) atoms. The zero-order chi connectivity index (χ0) is 22.0. The SMILES string of the molecule is CC(C)(C)N(C(=O)OC1CC(c2ccc(F)cc2)CC1n1ncnn1)C1CCCNC1. The van der Waals surface area contributed by atoms with Crippen molar-refractivity contribution in [3.05, 3.63) is 42.0 Å². The van der Waals surface area contributed by atoms with Crippen molar-refractivity contribution in [3.8, 4) is 0 Å². The highest BCUT2D eigenvalue weighted by atomic mass is 19.1. The van der Waals surface area contributed by atoms with Crippen molar-refractivity contribution in [1.29, 1.82) is 0 Å². The lowest BCUT2D eigenvalue weighted by Gasteiger charge is -2.43. The maximum Gasteiger partial charge on any atom is 0.410 e. The van der Waals surface area contributed by atoms with Crippen molar-refractivity contribution >= 4 is 6.09 Å². The van der Waals surface area contributed by atoms with Gasteiger partial charge in [-0.2, -0.15) is 4.80 Å². The average molecular weight is 431 g/mol. The summed E-state index contributed by atoms with van der Waals surface area (Å²) in [7, 11) is 0. The van der Waals surface area contributed by atoms with Gasteiger partial charge in [0.25, 0.3) is 0 Å². The summed E-state index contributed by atoms with van der Waals surface area (Å²) < 4.78 is 19.5. The number of ether oxygens (including phenoxy) is 1. The molecular weight excluding hydrogens is 399 g/mol. The van der Waals surface area contributed by atoms with Gasteiger partial charge in [0, 0.05) is 18.1 Å². The first kappa shape index (κ1) is 21.7. The van der Waals surface area contributed by atoms with E-state index in [0.29, 0.717) is 12.8 Å². The summed E-state index contributed by atoms with van der Waals surface area (Å²) in [5.74, 6) is -0.144. The lowest BCUT2D eigenvalue weighted by atomic mass is 9.97. The van der Waals surface area contributed by atoms with Crippen LogP contribution in [-0.4, -0.2) is 62.0 Å². The number of carbonyl (C=O) groups excluding carboxylic acids is 1.